The maximum atomic E-state index is 12.8. The molecule has 2 aromatic heterocycles. The third kappa shape index (κ3) is 4.87. The summed E-state index contributed by atoms with van der Waals surface area (Å²) in [5.41, 5.74) is 1.75. The fraction of sp³-hybridized carbons (Fsp3) is 0.167. The van der Waals surface area contributed by atoms with Gasteiger partial charge in [-0.1, -0.05) is 53.9 Å². The van der Waals surface area contributed by atoms with Crippen LogP contribution in [0.3, 0.4) is 0 Å². The molecule has 6 nitrogen and oxygen atoms in total. The topological polar surface area (TPSA) is 72.7 Å². The number of rotatable bonds is 8. The molecule has 0 saturated heterocycles. The summed E-state index contributed by atoms with van der Waals surface area (Å²) in [5, 5.41) is 12.6. The average Bonchev–Trinajstić information content (AvgIpc) is 3.59. The van der Waals surface area contributed by atoms with Crippen molar-refractivity contribution in [2.75, 3.05) is 11.1 Å². The molecule has 1 amide bonds. The van der Waals surface area contributed by atoms with E-state index in [9.17, 15) is 4.79 Å². The van der Waals surface area contributed by atoms with Crippen LogP contribution in [0.25, 0.3) is 11.4 Å². The third-order valence-corrected chi connectivity index (χ3v) is 6.99. The Hall–Kier alpha value is -3.10. The Morgan fingerprint density at radius 2 is 1.81 bits per heavy atom. The SMILES string of the molecule is O=C(CSc1nnc(-c2cccnc2)n1C1CC1)Nc1ccccc1Sc1ccccc1. The van der Waals surface area contributed by atoms with Gasteiger partial charge in [-0.05, 0) is 49.2 Å². The highest BCUT2D eigenvalue weighted by atomic mass is 32.2. The Morgan fingerprint density at radius 1 is 1.00 bits per heavy atom. The second-order valence-corrected chi connectivity index (χ2v) is 9.46. The number of amides is 1. The molecule has 1 saturated carbocycles. The fourth-order valence-corrected chi connectivity index (χ4v) is 5.05. The van der Waals surface area contributed by atoms with Crippen molar-refractivity contribution in [2.45, 2.75) is 33.8 Å². The molecule has 160 valence electrons. The summed E-state index contributed by atoms with van der Waals surface area (Å²) in [5.74, 6) is 1.01. The quantitative estimate of drug-likeness (QED) is 0.348. The van der Waals surface area contributed by atoms with Crippen molar-refractivity contribution in [1.82, 2.24) is 19.7 Å². The molecule has 2 heterocycles. The van der Waals surface area contributed by atoms with Crippen LogP contribution in [0.5, 0.6) is 0 Å². The lowest BCUT2D eigenvalue weighted by molar-refractivity contribution is -0.113. The van der Waals surface area contributed by atoms with Crippen molar-refractivity contribution >= 4 is 35.1 Å². The number of carbonyl (C=O) groups excluding carboxylic acids is 1. The Bertz CT molecular complexity index is 1210. The number of aromatic nitrogens is 4. The summed E-state index contributed by atoms with van der Waals surface area (Å²) in [4.78, 5) is 19.1. The van der Waals surface area contributed by atoms with E-state index in [1.54, 1.807) is 24.2 Å². The number of carbonyl (C=O) groups is 1. The van der Waals surface area contributed by atoms with Gasteiger partial charge in [0.2, 0.25) is 5.91 Å². The number of para-hydroxylation sites is 1. The minimum atomic E-state index is -0.0654. The second-order valence-electron chi connectivity index (χ2n) is 7.40. The van der Waals surface area contributed by atoms with Crippen LogP contribution in [0.1, 0.15) is 18.9 Å². The number of anilines is 1. The number of hydrogen-bond donors (Lipinski definition) is 1. The highest BCUT2D eigenvalue weighted by molar-refractivity contribution is 8.00. The maximum absolute atomic E-state index is 12.8. The van der Waals surface area contributed by atoms with E-state index in [1.807, 2.05) is 54.6 Å². The van der Waals surface area contributed by atoms with Gasteiger partial charge in [-0.2, -0.15) is 0 Å². The molecular weight excluding hydrogens is 438 g/mol. The summed E-state index contributed by atoms with van der Waals surface area (Å²) in [6, 6.07) is 22.3. The van der Waals surface area contributed by atoms with Crippen molar-refractivity contribution in [3.63, 3.8) is 0 Å². The lowest BCUT2D eigenvalue weighted by Gasteiger charge is -2.11. The zero-order chi connectivity index (χ0) is 21.8. The first-order valence-corrected chi connectivity index (χ1v) is 12.2. The molecule has 5 rings (SSSR count). The van der Waals surface area contributed by atoms with Crippen LogP contribution in [-0.2, 0) is 4.79 Å². The second kappa shape index (κ2) is 9.58. The molecule has 8 heteroatoms. The molecule has 0 unspecified atom stereocenters. The predicted molar refractivity (Wildman–Crippen MR) is 128 cm³/mol. The van der Waals surface area contributed by atoms with Crippen molar-refractivity contribution in [3.8, 4) is 11.4 Å². The van der Waals surface area contributed by atoms with Gasteiger partial charge in [0.05, 0.1) is 11.4 Å². The van der Waals surface area contributed by atoms with Gasteiger partial charge in [0.15, 0.2) is 11.0 Å². The Balaban J connectivity index is 1.27. The van der Waals surface area contributed by atoms with Crippen LogP contribution in [0, 0.1) is 0 Å². The van der Waals surface area contributed by atoms with Crippen molar-refractivity contribution in [3.05, 3.63) is 79.1 Å². The van der Waals surface area contributed by atoms with Crippen LogP contribution >= 0.6 is 23.5 Å². The van der Waals surface area contributed by atoms with Gasteiger partial charge < -0.3 is 5.32 Å². The van der Waals surface area contributed by atoms with Crippen LogP contribution in [0.15, 0.2) is 94.1 Å². The van der Waals surface area contributed by atoms with Gasteiger partial charge in [0.25, 0.3) is 0 Å². The lowest BCUT2D eigenvalue weighted by Crippen LogP contribution is -2.15. The molecule has 0 aliphatic heterocycles. The first kappa shape index (κ1) is 20.8. The lowest BCUT2D eigenvalue weighted by atomic mass is 10.3. The van der Waals surface area contributed by atoms with Gasteiger partial charge in [-0.15, -0.1) is 10.2 Å². The molecular formula is C24H21N5OS2. The first-order chi connectivity index (χ1) is 15.8. The van der Waals surface area contributed by atoms with Crippen LogP contribution < -0.4 is 5.32 Å². The van der Waals surface area contributed by atoms with E-state index in [4.69, 9.17) is 0 Å². The maximum Gasteiger partial charge on any atom is 0.234 e. The van der Waals surface area contributed by atoms with Crippen molar-refractivity contribution in [1.29, 1.82) is 0 Å². The van der Waals surface area contributed by atoms with Gasteiger partial charge in [-0.3, -0.25) is 14.3 Å². The zero-order valence-electron chi connectivity index (χ0n) is 17.2. The summed E-state index contributed by atoms with van der Waals surface area (Å²) in [6.07, 6.45) is 5.75. The number of nitrogens with zero attached hydrogens (tertiary/aromatic N) is 4. The largest absolute Gasteiger partial charge is 0.324 e. The van der Waals surface area contributed by atoms with Gasteiger partial charge in [0.1, 0.15) is 0 Å². The predicted octanol–water partition coefficient (Wildman–Crippen LogP) is 5.56. The highest BCUT2D eigenvalue weighted by Gasteiger charge is 2.30. The van der Waals surface area contributed by atoms with Gasteiger partial charge >= 0.3 is 0 Å². The zero-order valence-corrected chi connectivity index (χ0v) is 18.9. The van der Waals surface area contributed by atoms with Gasteiger partial charge in [-0.25, -0.2) is 0 Å². The molecule has 4 aromatic rings. The Kier molecular flexibility index (Phi) is 6.22. The Morgan fingerprint density at radius 3 is 2.59 bits per heavy atom. The van der Waals surface area contributed by atoms with Crippen molar-refractivity contribution < 1.29 is 4.79 Å². The number of pyridine rings is 1. The number of thioether (sulfide) groups is 1. The average molecular weight is 460 g/mol. The fourth-order valence-electron chi connectivity index (χ4n) is 3.32. The van der Waals surface area contributed by atoms with Crippen molar-refractivity contribution in [2.24, 2.45) is 0 Å². The van der Waals surface area contributed by atoms with Crippen LogP contribution in [0.4, 0.5) is 5.69 Å². The van der Waals surface area contributed by atoms with Crippen LogP contribution in [-0.4, -0.2) is 31.4 Å². The van der Waals surface area contributed by atoms with E-state index in [-0.39, 0.29) is 11.7 Å². The highest BCUT2D eigenvalue weighted by Crippen LogP contribution is 2.41. The van der Waals surface area contributed by atoms with E-state index in [1.165, 1.54) is 11.8 Å². The molecule has 0 radical (unpaired) electrons. The monoisotopic (exact) mass is 459 g/mol. The molecule has 1 aliphatic carbocycles. The number of hydrogen-bond acceptors (Lipinski definition) is 6. The molecule has 1 N–H and O–H groups in total. The molecule has 32 heavy (non-hydrogen) atoms. The molecule has 2 aromatic carbocycles. The summed E-state index contributed by atoms with van der Waals surface area (Å²) in [7, 11) is 0. The molecule has 0 atom stereocenters. The number of nitrogens with one attached hydrogen (secondary N) is 1. The van der Waals surface area contributed by atoms with E-state index in [2.05, 4.69) is 37.2 Å². The standard InChI is InChI=1S/C24H21N5OS2/c30-22(26-20-10-4-5-11-21(20)32-19-8-2-1-3-9-19)16-31-24-28-27-23(29(24)18-12-13-18)17-7-6-14-25-15-17/h1-11,14-15,18H,12-13,16H2,(H,26,30). The summed E-state index contributed by atoms with van der Waals surface area (Å²) >= 11 is 3.05. The first-order valence-electron chi connectivity index (χ1n) is 10.4. The summed E-state index contributed by atoms with van der Waals surface area (Å²) in [6.45, 7) is 0. The molecule has 1 aliphatic rings. The van der Waals surface area contributed by atoms with Crippen LogP contribution in [0.2, 0.25) is 0 Å². The smallest absolute Gasteiger partial charge is 0.234 e. The minimum Gasteiger partial charge on any atom is -0.324 e. The molecule has 1 fully saturated rings. The van der Waals surface area contributed by atoms with Gasteiger partial charge in [0, 0.05) is 33.8 Å². The number of benzene rings is 2. The third-order valence-electron chi connectivity index (χ3n) is 4.96. The minimum absolute atomic E-state index is 0.0654. The van der Waals surface area contributed by atoms with E-state index < -0.39 is 0 Å². The normalized spacial score (nSPS) is 13.1. The Labute approximate surface area is 194 Å². The molecule has 0 bridgehead atoms. The summed E-state index contributed by atoms with van der Waals surface area (Å²) < 4.78 is 2.15. The van der Waals surface area contributed by atoms with E-state index >= 15 is 0 Å². The molecule has 0 spiro atoms. The van der Waals surface area contributed by atoms with E-state index in [0.717, 1.165) is 44.9 Å². The van der Waals surface area contributed by atoms with E-state index in [0.29, 0.717) is 6.04 Å².